The molecule has 0 radical (unpaired) electrons. The van der Waals surface area contributed by atoms with Crippen molar-refractivity contribution in [3.05, 3.63) is 16.1 Å². The minimum Gasteiger partial charge on any atom is -0.355 e. The minimum absolute atomic E-state index is 0. The Hall–Kier alpha value is -0.0200. The maximum absolute atomic E-state index is 4.71. The number of aliphatic imine (C=N–C) groups is 1. The van der Waals surface area contributed by atoms with Crippen LogP contribution >= 0.6 is 47.1 Å². The molecule has 1 aliphatic heterocycles. The Morgan fingerprint density at radius 2 is 2.13 bits per heavy atom. The van der Waals surface area contributed by atoms with Crippen LogP contribution in [0.2, 0.25) is 0 Å². The summed E-state index contributed by atoms with van der Waals surface area (Å²) < 4.78 is 0.345. The molecule has 1 unspecified atom stereocenters. The first kappa shape index (κ1) is 21.0. The molecule has 0 saturated carbocycles. The second kappa shape index (κ2) is 8.89. The first-order valence-corrected chi connectivity index (χ1v) is 9.72. The summed E-state index contributed by atoms with van der Waals surface area (Å²) in [5.74, 6) is 2.14. The summed E-state index contributed by atoms with van der Waals surface area (Å²) >= 11 is 3.80. The van der Waals surface area contributed by atoms with Gasteiger partial charge in [-0.1, -0.05) is 20.8 Å². The average molecular weight is 468 g/mol. The predicted octanol–water partition coefficient (Wildman–Crippen LogP) is 4.01. The highest BCUT2D eigenvalue weighted by molar-refractivity contribution is 14.0. The zero-order chi connectivity index (χ0) is 16.2. The van der Waals surface area contributed by atoms with Gasteiger partial charge in [-0.15, -0.1) is 35.3 Å². The maximum Gasteiger partial charge on any atom is 0.191 e. The van der Waals surface area contributed by atoms with Gasteiger partial charge in [-0.25, -0.2) is 4.98 Å². The normalized spacial score (nSPS) is 21.9. The van der Waals surface area contributed by atoms with E-state index in [9.17, 15) is 0 Å². The van der Waals surface area contributed by atoms with Gasteiger partial charge in [0, 0.05) is 29.1 Å². The molecule has 4 nitrogen and oxygen atoms in total. The average Bonchev–Trinajstić information content (AvgIpc) is 3.08. The molecule has 1 fully saturated rings. The van der Waals surface area contributed by atoms with Crippen molar-refractivity contribution < 1.29 is 0 Å². The highest BCUT2D eigenvalue weighted by Gasteiger charge is 2.29. The lowest BCUT2D eigenvalue weighted by Gasteiger charge is -2.24. The largest absolute Gasteiger partial charge is 0.355 e. The van der Waals surface area contributed by atoms with Gasteiger partial charge in [-0.05, 0) is 25.5 Å². The molecule has 0 aliphatic carbocycles. The molecule has 1 saturated heterocycles. The fourth-order valence-corrected chi connectivity index (χ4v) is 4.53. The van der Waals surface area contributed by atoms with Crippen molar-refractivity contribution in [1.82, 2.24) is 15.6 Å². The van der Waals surface area contributed by atoms with Crippen LogP contribution in [-0.4, -0.2) is 35.0 Å². The molecule has 1 aromatic heterocycles. The van der Waals surface area contributed by atoms with Crippen LogP contribution in [0.5, 0.6) is 0 Å². The van der Waals surface area contributed by atoms with Crippen LogP contribution in [-0.2, 0) is 12.0 Å². The Balaban J connectivity index is 0.00000264. The number of nitrogens with one attached hydrogen (secondary N) is 2. The van der Waals surface area contributed by atoms with Crippen LogP contribution < -0.4 is 10.6 Å². The van der Waals surface area contributed by atoms with Gasteiger partial charge in [0.25, 0.3) is 0 Å². The Morgan fingerprint density at radius 3 is 2.65 bits per heavy atom. The molecular weight excluding hydrogens is 439 g/mol. The van der Waals surface area contributed by atoms with Crippen molar-refractivity contribution in [2.24, 2.45) is 4.99 Å². The number of guanidine groups is 1. The summed E-state index contributed by atoms with van der Waals surface area (Å²) in [5, 5.41) is 10.1. The van der Waals surface area contributed by atoms with E-state index >= 15 is 0 Å². The van der Waals surface area contributed by atoms with Crippen LogP contribution in [0, 0.1) is 0 Å². The third-order valence-electron chi connectivity index (χ3n) is 3.78. The fraction of sp³-hybridized carbons (Fsp3) is 0.750. The van der Waals surface area contributed by atoms with Gasteiger partial charge in [0.2, 0.25) is 0 Å². The summed E-state index contributed by atoms with van der Waals surface area (Å²) in [5.41, 5.74) is 1.20. The lowest BCUT2D eigenvalue weighted by Crippen LogP contribution is -2.43. The van der Waals surface area contributed by atoms with Crippen molar-refractivity contribution in [2.45, 2.75) is 57.2 Å². The number of nitrogens with zero attached hydrogens (tertiary/aromatic N) is 2. The number of halogens is 1. The van der Waals surface area contributed by atoms with E-state index in [2.05, 4.69) is 60.5 Å². The number of thiazole rings is 1. The minimum atomic E-state index is 0. The molecule has 0 aromatic carbocycles. The molecule has 1 atom stereocenters. The Morgan fingerprint density at radius 1 is 1.39 bits per heavy atom. The SMILES string of the molecule is CN=C(NCc1csc(C(C)(C)C)n1)NCC1(C)CCCS1.I. The Bertz CT molecular complexity index is 516. The second-order valence-corrected chi connectivity index (χ2v) is 9.62. The third kappa shape index (κ3) is 6.42. The molecule has 0 amide bonds. The van der Waals surface area contributed by atoms with Gasteiger partial charge in [-0.2, -0.15) is 11.8 Å². The summed E-state index contributed by atoms with van der Waals surface area (Å²) in [7, 11) is 1.82. The van der Waals surface area contributed by atoms with Crippen molar-refractivity contribution in [3.63, 3.8) is 0 Å². The molecule has 2 heterocycles. The molecule has 7 heteroatoms. The molecule has 1 aliphatic rings. The van der Waals surface area contributed by atoms with Crippen LogP contribution in [0.15, 0.2) is 10.4 Å². The third-order valence-corrected chi connectivity index (χ3v) is 6.64. The zero-order valence-electron chi connectivity index (χ0n) is 14.7. The Labute approximate surface area is 165 Å². The molecule has 2 N–H and O–H groups in total. The van der Waals surface area contributed by atoms with E-state index in [1.165, 1.54) is 23.6 Å². The van der Waals surface area contributed by atoms with E-state index < -0.39 is 0 Å². The van der Waals surface area contributed by atoms with Gasteiger partial charge in [0.1, 0.15) is 0 Å². The fourth-order valence-electron chi connectivity index (χ4n) is 2.37. The number of thioether (sulfide) groups is 1. The highest BCUT2D eigenvalue weighted by Crippen LogP contribution is 2.36. The van der Waals surface area contributed by atoms with Gasteiger partial charge < -0.3 is 10.6 Å². The first-order valence-electron chi connectivity index (χ1n) is 7.86. The number of rotatable bonds is 4. The van der Waals surface area contributed by atoms with E-state index in [0.29, 0.717) is 4.75 Å². The van der Waals surface area contributed by atoms with Crippen molar-refractivity contribution in [1.29, 1.82) is 0 Å². The zero-order valence-corrected chi connectivity index (χ0v) is 18.7. The van der Waals surface area contributed by atoms with Crippen LogP contribution in [0.4, 0.5) is 0 Å². The van der Waals surface area contributed by atoms with Gasteiger partial charge in [0.05, 0.1) is 17.2 Å². The molecule has 23 heavy (non-hydrogen) atoms. The topological polar surface area (TPSA) is 49.3 Å². The number of aromatic nitrogens is 1. The first-order chi connectivity index (χ1) is 10.3. The molecule has 1 aromatic rings. The predicted molar refractivity (Wildman–Crippen MR) is 115 cm³/mol. The standard InChI is InChI=1S/C16H28N4S2.HI/c1-15(2,3)13-20-12(10-21-13)9-18-14(17-5)19-11-16(4)7-6-8-22-16;/h10H,6-9,11H2,1-5H3,(H2,17,18,19);1H. The molecular formula is C16H29IN4S2. The lowest BCUT2D eigenvalue weighted by atomic mass is 9.98. The van der Waals surface area contributed by atoms with E-state index in [0.717, 1.165) is 24.7 Å². The van der Waals surface area contributed by atoms with Crippen molar-refractivity contribution >= 4 is 53.0 Å². The highest BCUT2D eigenvalue weighted by atomic mass is 127. The van der Waals surface area contributed by atoms with E-state index in [-0.39, 0.29) is 29.4 Å². The van der Waals surface area contributed by atoms with Crippen LogP contribution in [0.25, 0.3) is 0 Å². The second-order valence-electron chi connectivity index (χ2n) is 7.08. The van der Waals surface area contributed by atoms with E-state index in [4.69, 9.17) is 4.98 Å². The molecule has 0 spiro atoms. The smallest absolute Gasteiger partial charge is 0.191 e. The number of hydrogen-bond acceptors (Lipinski definition) is 4. The summed E-state index contributed by atoms with van der Waals surface area (Å²) in [6.45, 7) is 10.6. The summed E-state index contributed by atoms with van der Waals surface area (Å²) in [6.07, 6.45) is 2.60. The van der Waals surface area contributed by atoms with E-state index in [1.54, 1.807) is 11.3 Å². The molecule has 2 rings (SSSR count). The van der Waals surface area contributed by atoms with E-state index in [1.807, 2.05) is 7.05 Å². The van der Waals surface area contributed by atoms with Crippen LogP contribution in [0.3, 0.4) is 0 Å². The van der Waals surface area contributed by atoms with Gasteiger partial charge >= 0.3 is 0 Å². The lowest BCUT2D eigenvalue weighted by molar-refractivity contribution is 0.579. The molecule has 0 bridgehead atoms. The van der Waals surface area contributed by atoms with Crippen molar-refractivity contribution in [3.8, 4) is 0 Å². The van der Waals surface area contributed by atoms with Gasteiger partial charge in [0.15, 0.2) is 5.96 Å². The van der Waals surface area contributed by atoms with Crippen molar-refractivity contribution in [2.75, 3.05) is 19.3 Å². The quantitative estimate of drug-likeness (QED) is 0.398. The summed E-state index contributed by atoms with van der Waals surface area (Å²) in [6, 6.07) is 0. The maximum atomic E-state index is 4.71. The Kier molecular flexibility index (Phi) is 8.13. The summed E-state index contributed by atoms with van der Waals surface area (Å²) in [4.78, 5) is 9.02. The number of hydrogen-bond donors (Lipinski definition) is 2. The van der Waals surface area contributed by atoms with Crippen LogP contribution in [0.1, 0.15) is 51.2 Å². The monoisotopic (exact) mass is 468 g/mol. The van der Waals surface area contributed by atoms with Gasteiger partial charge in [-0.3, -0.25) is 4.99 Å². The molecule has 132 valence electrons.